The molecule has 8 heteroatoms. The lowest BCUT2D eigenvalue weighted by atomic mass is 10.0. The molecule has 0 aliphatic carbocycles. The van der Waals surface area contributed by atoms with Gasteiger partial charge in [0.1, 0.15) is 10.0 Å². The van der Waals surface area contributed by atoms with E-state index in [1.54, 1.807) is 11.3 Å². The Balaban J connectivity index is 2.04. The van der Waals surface area contributed by atoms with Crippen molar-refractivity contribution in [2.75, 3.05) is 12.3 Å². The lowest BCUT2D eigenvalue weighted by Crippen LogP contribution is -2.44. The molecule has 1 fully saturated rings. The van der Waals surface area contributed by atoms with Gasteiger partial charge in [-0.25, -0.2) is 13.6 Å². The van der Waals surface area contributed by atoms with Crippen LogP contribution in [0.15, 0.2) is 0 Å². The van der Waals surface area contributed by atoms with Crippen molar-refractivity contribution < 1.29 is 8.42 Å². The Labute approximate surface area is 124 Å². The summed E-state index contributed by atoms with van der Waals surface area (Å²) in [4.78, 5) is 2.18. The molecular weight excluding hydrogens is 296 g/mol. The van der Waals surface area contributed by atoms with E-state index in [2.05, 4.69) is 28.9 Å². The number of primary sulfonamides is 1. The van der Waals surface area contributed by atoms with Gasteiger partial charge in [0, 0.05) is 12.0 Å². The predicted octanol–water partition coefficient (Wildman–Crippen LogP) is 1.30. The topological polar surface area (TPSA) is 89.2 Å². The van der Waals surface area contributed by atoms with Crippen molar-refractivity contribution in [3.63, 3.8) is 0 Å². The number of piperidine rings is 1. The molecule has 6 nitrogen and oxygen atoms in total. The van der Waals surface area contributed by atoms with Crippen LogP contribution >= 0.6 is 11.3 Å². The van der Waals surface area contributed by atoms with Crippen LogP contribution < -0.4 is 5.14 Å². The summed E-state index contributed by atoms with van der Waals surface area (Å²) in [5.41, 5.74) is 0. The SMILES string of the molecule is CC(C)c1nnc(CN2CCCCC2CS(N)(=O)=O)s1. The Morgan fingerprint density at radius 3 is 2.75 bits per heavy atom. The second-order valence-electron chi connectivity index (χ2n) is 5.64. The first-order valence-electron chi connectivity index (χ1n) is 6.92. The molecule has 0 spiro atoms. The highest BCUT2D eigenvalue weighted by Gasteiger charge is 2.27. The maximum absolute atomic E-state index is 11.3. The zero-order valence-corrected chi connectivity index (χ0v) is 13.6. The highest BCUT2D eigenvalue weighted by molar-refractivity contribution is 7.89. The summed E-state index contributed by atoms with van der Waals surface area (Å²) in [6.07, 6.45) is 3.04. The summed E-state index contributed by atoms with van der Waals surface area (Å²) in [5, 5.41) is 15.6. The second kappa shape index (κ2) is 6.46. The van der Waals surface area contributed by atoms with Crippen molar-refractivity contribution in [3.05, 3.63) is 10.0 Å². The molecule has 2 N–H and O–H groups in total. The molecule has 1 aromatic rings. The van der Waals surface area contributed by atoms with Gasteiger partial charge in [-0.3, -0.25) is 4.90 Å². The van der Waals surface area contributed by atoms with Crippen molar-refractivity contribution in [2.45, 2.75) is 51.6 Å². The standard InChI is InChI=1S/C12H22N4O2S2/c1-9(2)12-15-14-11(19-12)7-16-6-4-3-5-10(16)8-20(13,17)18/h9-10H,3-8H2,1-2H3,(H2,13,17,18). The van der Waals surface area contributed by atoms with E-state index in [0.29, 0.717) is 12.5 Å². The molecule has 0 radical (unpaired) electrons. The van der Waals surface area contributed by atoms with Crippen LogP contribution in [0.5, 0.6) is 0 Å². The van der Waals surface area contributed by atoms with Crippen LogP contribution in [0.25, 0.3) is 0 Å². The number of nitrogens with two attached hydrogens (primary N) is 1. The van der Waals surface area contributed by atoms with E-state index < -0.39 is 10.0 Å². The van der Waals surface area contributed by atoms with Gasteiger partial charge in [0.05, 0.1) is 12.3 Å². The van der Waals surface area contributed by atoms with E-state index in [0.717, 1.165) is 35.8 Å². The molecule has 0 amide bonds. The van der Waals surface area contributed by atoms with E-state index in [9.17, 15) is 8.42 Å². The Kier molecular flexibility index (Phi) is 5.11. The molecule has 1 aliphatic heterocycles. The number of sulfonamides is 1. The summed E-state index contributed by atoms with van der Waals surface area (Å²) < 4.78 is 22.6. The first kappa shape index (κ1) is 15.8. The van der Waals surface area contributed by atoms with Crippen LogP contribution in [0.3, 0.4) is 0 Å². The molecule has 1 aromatic heterocycles. The first-order valence-corrected chi connectivity index (χ1v) is 9.45. The summed E-state index contributed by atoms with van der Waals surface area (Å²) >= 11 is 1.61. The van der Waals surface area contributed by atoms with Gasteiger partial charge >= 0.3 is 0 Å². The number of nitrogens with zero attached hydrogens (tertiary/aromatic N) is 3. The molecule has 1 atom stereocenters. The van der Waals surface area contributed by atoms with Crippen LogP contribution in [-0.4, -0.2) is 41.9 Å². The minimum atomic E-state index is -3.43. The fourth-order valence-corrected chi connectivity index (χ4v) is 4.25. The largest absolute Gasteiger partial charge is 0.293 e. The maximum Gasteiger partial charge on any atom is 0.210 e. The zero-order chi connectivity index (χ0) is 14.8. The van der Waals surface area contributed by atoms with Gasteiger partial charge < -0.3 is 0 Å². The third-order valence-corrected chi connectivity index (χ3v) is 5.55. The van der Waals surface area contributed by atoms with Gasteiger partial charge in [0.2, 0.25) is 10.0 Å². The molecule has 1 aliphatic rings. The molecule has 1 unspecified atom stereocenters. The van der Waals surface area contributed by atoms with Crippen LogP contribution in [0.4, 0.5) is 0 Å². The first-order chi connectivity index (χ1) is 9.35. The normalized spacial score (nSPS) is 21.5. The third-order valence-electron chi connectivity index (χ3n) is 3.49. The monoisotopic (exact) mass is 318 g/mol. The Bertz CT molecular complexity index is 541. The molecule has 1 saturated heterocycles. The number of likely N-dealkylation sites (tertiary alicyclic amines) is 1. The van der Waals surface area contributed by atoms with Crippen molar-refractivity contribution in [1.29, 1.82) is 0 Å². The van der Waals surface area contributed by atoms with Crippen molar-refractivity contribution in [1.82, 2.24) is 15.1 Å². The highest BCUT2D eigenvalue weighted by Crippen LogP contribution is 2.24. The van der Waals surface area contributed by atoms with Gasteiger partial charge in [-0.2, -0.15) is 0 Å². The molecular formula is C12H22N4O2S2. The molecule has 0 aromatic carbocycles. The molecule has 0 saturated carbocycles. The summed E-state index contributed by atoms with van der Waals surface area (Å²) in [6, 6.07) is 0.00477. The smallest absolute Gasteiger partial charge is 0.210 e. The third kappa shape index (κ3) is 4.47. The van der Waals surface area contributed by atoms with Gasteiger partial charge in [-0.1, -0.05) is 31.6 Å². The Morgan fingerprint density at radius 1 is 1.40 bits per heavy atom. The maximum atomic E-state index is 11.3. The summed E-state index contributed by atoms with van der Waals surface area (Å²) in [6.45, 7) is 5.76. The van der Waals surface area contributed by atoms with E-state index in [1.807, 2.05) is 0 Å². The van der Waals surface area contributed by atoms with E-state index in [4.69, 9.17) is 5.14 Å². The Morgan fingerprint density at radius 2 is 2.15 bits per heavy atom. The van der Waals surface area contributed by atoms with Crippen molar-refractivity contribution in [2.24, 2.45) is 5.14 Å². The minimum Gasteiger partial charge on any atom is -0.293 e. The predicted molar refractivity (Wildman–Crippen MR) is 80.0 cm³/mol. The second-order valence-corrected chi connectivity index (χ2v) is 8.39. The lowest BCUT2D eigenvalue weighted by Gasteiger charge is -2.34. The van der Waals surface area contributed by atoms with Crippen LogP contribution in [0, 0.1) is 0 Å². The molecule has 2 heterocycles. The van der Waals surface area contributed by atoms with Crippen molar-refractivity contribution in [3.8, 4) is 0 Å². The quantitative estimate of drug-likeness (QED) is 0.884. The number of aromatic nitrogens is 2. The summed E-state index contributed by atoms with van der Waals surface area (Å²) in [7, 11) is -3.43. The fraction of sp³-hybridized carbons (Fsp3) is 0.833. The molecule has 2 rings (SSSR count). The van der Waals surface area contributed by atoms with Gasteiger partial charge in [-0.05, 0) is 19.4 Å². The average molecular weight is 318 g/mol. The Hall–Kier alpha value is -0.570. The minimum absolute atomic E-state index is 0.00477. The fourth-order valence-electron chi connectivity index (χ4n) is 2.46. The van der Waals surface area contributed by atoms with Gasteiger partial charge in [0.25, 0.3) is 0 Å². The van der Waals surface area contributed by atoms with Gasteiger partial charge in [-0.15, -0.1) is 10.2 Å². The van der Waals surface area contributed by atoms with E-state index in [-0.39, 0.29) is 11.8 Å². The lowest BCUT2D eigenvalue weighted by molar-refractivity contribution is 0.154. The van der Waals surface area contributed by atoms with Crippen molar-refractivity contribution >= 4 is 21.4 Å². The average Bonchev–Trinajstić information content (AvgIpc) is 2.78. The number of rotatable bonds is 5. The van der Waals surface area contributed by atoms with E-state index in [1.165, 1.54) is 0 Å². The summed E-state index contributed by atoms with van der Waals surface area (Å²) in [5.74, 6) is 0.408. The molecule has 114 valence electrons. The van der Waals surface area contributed by atoms with Crippen LogP contribution in [0.2, 0.25) is 0 Å². The van der Waals surface area contributed by atoms with Gasteiger partial charge in [0.15, 0.2) is 0 Å². The number of hydrogen-bond acceptors (Lipinski definition) is 6. The van der Waals surface area contributed by atoms with Crippen LogP contribution in [-0.2, 0) is 16.6 Å². The van der Waals surface area contributed by atoms with Crippen LogP contribution in [0.1, 0.15) is 49.0 Å². The highest BCUT2D eigenvalue weighted by atomic mass is 32.2. The van der Waals surface area contributed by atoms with E-state index >= 15 is 0 Å². The molecule has 0 bridgehead atoms. The molecule has 20 heavy (non-hydrogen) atoms. The zero-order valence-electron chi connectivity index (χ0n) is 11.9. The number of hydrogen-bond donors (Lipinski definition) is 1.